The standard InChI is InChI=1S/C16H13F2N3/c17-11-6-7-12(13(18)9-11)16(21-19)15-8-5-10-3-1-2-4-14(10)20-15/h1-9,16,21H,19H2. The summed E-state index contributed by atoms with van der Waals surface area (Å²) in [6, 6.07) is 14.0. The number of pyridine rings is 1. The second kappa shape index (κ2) is 5.55. The molecule has 0 aliphatic heterocycles. The number of para-hydroxylation sites is 1. The molecular weight excluding hydrogens is 272 g/mol. The third kappa shape index (κ3) is 2.61. The molecule has 0 amide bonds. The van der Waals surface area contributed by atoms with Gasteiger partial charge in [-0.15, -0.1) is 0 Å². The van der Waals surface area contributed by atoms with Gasteiger partial charge < -0.3 is 0 Å². The Morgan fingerprint density at radius 1 is 1.00 bits per heavy atom. The number of rotatable bonds is 3. The average Bonchev–Trinajstić information content (AvgIpc) is 2.50. The molecule has 3 aromatic rings. The summed E-state index contributed by atoms with van der Waals surface area (Å²) < 4.78 is 26.9. The lowest BCUT2D eigenvalue weighted by Gasteiger charge is -2.17. The van der Waals surface area contributed by atoms with Crippen molar-refractivity contribution in [1.29, 1.82) is 0 Å². The van der Waals surface area contributed by atoms with Crippen LogP contribution in [0.5, 0.6) is 0 Å². The van der Waals surface area contributed by atoms with Crippen LogP contribution < -0.4 is 11.3 Å². The summed E-state index contributed by atoms with van der Waals surface area (Å²) in [6.45, 7) is 0. The van der Waals surface area contributed by atoms with Gasteiger partial charge in [0.1, 0.15) is 11.6 Å². The fraction of sp³-hybridized carbons (Fsp3) is 0.0625. The first-order chi connectivity index (χ1) is 10.2. The monoisotopic (exact) mass is 285 g/mol. The quantitative estimate of drug-likeness (QED) is 0.574. The second-order valence-electron chi connectivity index (χ2n) is 4.69. The van der Waals surface area contributed by atoms with Crippen molar-refractivity contribution in [1.82, 2.24) is 10.4 Å². The fourth-order valence-corrected chi connectivity index (χ4v) is 2.31. The number of aromatic nitrogens is 1. The predicted octanol–water partition coefficient (Wildman–Crippen LogP) is 3.07. The molecule has 0 saturated heterocycles. The maximum Gasteiger partial charge on any atom is 0.131 e. The largest absolute Gasteiger partial charge is 0.271 e. The Bertz CT molecular complexity index is 789. The second-order valence-corrected chi connectivity index (χ2v) is 4.69. The molecule has 5 heteroatoms. The maximum atomic E-state index is 13.9. The van der Waals surface area contributed by atoms with Crippen LogP contribution in [0.1, 0.15) is 17.3 Å². The smallest absolute Gasteiger partial charge is 0.131 e. The van der Waals surface area contributed by atoms with E-state index >= 15 is 0 Å². The van der Waals surface area contributed by atoms with Crippen LogP contribution in [0.15, 0.2) is 54.6 Å². The van der Waals surface area contributed by atoms with E-state index in [9.17, 15) is 8.78 Å². The van der Waals surface area contributed by atoms with Crippen molar-refractivity contribution in [3.63, 3.8) is 0 Å². The molecule has 0 fully saturated rings. The highest BCUT2D eigenvalue weighted by atomic mass is 19.1. The number of halogens is 2. The van der Waals surface area contributed by atoms with E-state index in [1.807, 2.05) is 30.3 Å². The summed E-state index contributed by atoms with van der Waals surface area (Å²) in [5, 5.41) is 0.983. The van der Waals surface area contributed by atoms with E-state index in [1.165, 1.54) is 12.1 Å². The zero-order valence-corrected chi connectivity index (χ0v) is 11.1. The highest BCUT2D eigenvalue weighted by Gasteiger charge is 2.18. The van der Waals surface area contributed by atoms with Gasteiger partial charge in [-0.05, 0) is 18.2 Å². The molecule has 1 atom stereocenters. The molecule has 0 saturated carbocycles. The van der Waals surface area contributed by atoms with Gasteiger partial charge in [0.05, 0.1) is 17.3 Å². The first kappa shape index (κ1) is 13.6. The highest BCUT2D eigenvalue weighted by Crippen LogP contribution is 2.24. The first-order valence-corrected chi connectivity index (χ1v) is 6.46. The van der Waals surface area contributed by atoms with E-state index in [0.717, 1.165) is 17.0 Å². The zero-order chi connectivity index (χ0) is 14.8. The normalized spacial score (nSPS) is 12.5. The third-order valence-corrected chi connectivity index (χ3v) is 3.36. The summed E-state index contributed by atoms with van der Waals surface area (Å²) in [5.74, 6) is 4.25. The number of fused-ring (bicyclic) bond motifs is 1. The van der Waals surface area contributed by atoms with Crippen molar-refractivity contribution in [2.75, 3.05) is 0 Å². The molecule has 0 bridgehead atoms. The molecule has 3 N–H and O–H groups in total. The van der Waals surface area contributed by atoms with Gasteiger partial charge >= 0.3 is 0 Å². The van der Waals surface area contributed by atoms with E-state index < -0.39 is 17.7 Å². The highest BCUT2D eigenvalue weighted by molar-refractivity contribution is 5.78. The minimum absolute atomic E-state index is 0.252. The third-order valence-electron chi connectivity index (χ3n) is 3.36. The summed E-state index contributed by atoms with van der Waals surface area (Å²) in [4.78, 5) is 4.48. The van der Waals surface area contributed by atoms with Gasteiger partial charge in [0.25, 0.3) is 0 Å². The van der Waals surface area contributed by atoms with E-state index in [-0.39, 0.29) is 5.56 Å². The van der Waals surface area contributed by atoms with Crippen LogP contribution in [0.3, 0.4) is 0 Å². The molecule has 1 aromatic heterocycles. The maximum absolute atomic E-state index is 13.9. The van der Waals surface area contributed by atoms with E-state index in [0.29, 0.717) is 5.69 Å². The van der Waals surface area contributed by atoms with Gasteiger partial charge in [0, 0.05) is 17.0 Å². The molecule has 3 rings (SSSR count). The van der Waals surface area contributed by atoms with Crippen molar-refractivity contribution in [2.45, 2.75) is 6.04 Å². The van der Waals surface area contributed by atoms with Crippen molar-refractivity contribution >= 4 is 10.9 Å². The minimum atomic E-state index is -0.659. The van der Waals surface area contributed by atoms with Crippen LogP contribution in [-0.4, -0.2) is 4.98 Å². The minimum Gasteiger partial charge on any atom is -0.271 e. The molecule has 1 heterocycles. The van der Waals surface area contributed by atoms with Crippen LogP contribution in [0.25, 0.3) is 10.9 Å². The molecule has 2 aromatic carbocycles. The molecule has 0 spiro atoms. The molecule has 3 nitrogen and oxygen atoms in total. The molecule has 0 radical (unpaired) electrons. The summed E-state index contributed by atoms with van der Waals surface area (Å²) in [5.41, 5.74) is 4.15. The van der Waals surface area contributed by atoms with Crippen molar-refractivity contribution < 1.29 is 8.78 Å². The van der Waals surface area contributed by atoms with Crippen molar-refractivity contribution in [3.8, 4) is 0 Å². The van der Waals surface area contributed by atoms with Crippen LogP contribution in [0.4, 0.5) is 8.78 Å². The Morgan fingerprint density at radius 2 is 1.81 bits per heavy atom. The topological polar surface area (TPSA) is 50.9 Å². The van der Waals surface area contributed by atoms with Gasteiger partial charge in [-0.3, -0.25) is 10.8 Å². The summed E-state index contributed by atoms with van der Waals surface area (Å²) in [6.07, 6.45) is 0. The molecule has 21 heavy (non-hydrogen) atoms. The SMILES string of the molecule is NNC(c1ccc2ccccc2n1)c1ccc(F)cc1F. The lowest BCUT2D eigenvalue weighted by atomic mass is 10.0. The van der Waals surface area contributed by atoms with E-state index in [4.69, 9.17) is 5.84 Å². The Kier molecular flexibility index (Phi) is 3.60. The average molecular weight is 285 g/mol. The lowest BCUT2D eigenvalue weighted by Crippen LogP contribution is -2.30. The number of nitrogens with two attached hydrogens (primary N) is 1. The van der Waals surface area contributed by atoms with Crippen molar-refractivity contribution in [2.24, 2.45) is 5.84 Å². The molecular formula is C16H13F2N3. The van der Waals surface area contributed by atoms with Gasteiger partial charge in [-0.1, -0.05) is 30.3 Å². The van der Waals surface area contributed by atoms with E-state index in [1.54, 1.807) is 6.07 Å². The Balaban J connectivity index is 2.09. The summed E-state index contributed by atoms with van der Waals surface area (Å²) in [7, 11) is 0. The van der Waals surface area contributed by atoms with Gasteiger partial charge in [0.15, 0.2) is 0 Å². The van der Waals surface area contributed by atoms with Gasteiger partial charge in [-0.25, -0.2) is 14.2 Å². The molecule has 0 aliphatic rings. The van der Waals surface area contributed by atoms with Crippen LogP contribution in [-0.2, 0) is 0 Å². The summed E-state index contributed by atoms with van der Waals surface area (Å²) >= 11 is 0. The first-order valence-electron chi connectivity index (χ1n) is 6.46. The number of benzene rings is 2. The van der Waals surface area contributed by atoms with Gasteiger partial charge in [-0.2, -0.15) is 0 Å². The van der Waals surface area contributed by atoms with Gasteiger partial charge in [0.2, 0.25) is 0 Å². The van der Waals surface area contributed by atoms with Crippen LogP contribution in [0, 0.1) is 11.6 Å². The molecule has 1 unspecified atom stereocenters. The predicted molar refractivity (Wildman–Crippen MR) is 77.3 cm³/mol. The molecule has 106 valence electrons. The van der Waals surface area contributed by atoms with Crippen LogP contribution in [0.2, 0.25) is 0 Å². The number of hydrogen-bond donors (Lipinski definition) is 2. The number of nitrogens with zero attached hydrogens (tertiary/aromatic N) is 1. The fourth-order valence-electron chi connectivity index (χ4n) is 2.31. The number of hydrazine groups is 1. The lowest BCUT2D eigenvalue weighted by molar-refractivity contribution is 0.537. The number of nitrogens with one attached hydrogen (secondary N) is 1. The zero-order valence-electron chi connectivity index (χ0n) is 11.1. The van der Waals surface area contributed by atoms with E-state index in [2.05, 4.69) is 10.4 Å². The Hall–Kier alpha value is -2.37. The van der Waals surface area contributed by atoms with Crippen molar-refractivity contribution in [3.05, 3.63) is 77.5 Å². The molecule has 0 aliphatic carbocycles. The number of hydrogen-bond acceptors (Lipinski definition) is 3. The Morgan fingerprint density at radius 3 is 2.57 bits per heavy atom. The van der Waals surface area contributed by atoms with Crippen LogP contribution >= 0.6 is 0 Å². The Labute approximate surface area is 120 Å².